The Balaban J connectivity index is 2.86. The van der Waals surface area contributed by atoms with E-state index in [0.717, 1.165) is 16.7 Å². The summed E-state index contributed by atoms with van der Waals surface area (Å²) in [5, 5.41) is 18.6. The third-order valence-corrected chi connectivity index (χ3v) is 3.00. The van der Waals surface area contributed by atoms with Crippen LogP contribution in [0.2, 0.25) is 0 Å². The summed E-state index contributed by atoms with van der Waals surface area (Å²) in [6.07, 6.45) is 0. The smallest absolute Gasteiger partial charge is 0.320 e. The molecule has 1 atom stereocenters. The number of hydrogen-bond donors (Lipinski definition) is 2. The van der Waals surface area contributed by atoms with E-state index >= 15 is 0 Å². The monoisotopic (exact) mass is 237 g/mol. The fourth-order valence-corrected chi connectivity index (χ4v) is 1.75. The number of hydrogen-bond acceptors (Lipinski definition) is 3. The number of rotatable bonds is 4. The predicted molar refractivity (Wildman–Crippen MR) is 66.1 cm³/mol. The number of aryl methyl sites for hydroxylation is 2. The number of aliphatic carboxylic acids is 1. The summed E-state index contributed by atoms with van der Waals surface area (Å²) in [4.78, 5) is 12.6. The molecule has 17 heavy (non-hydrogen) atoms. The molecule has 0 radical (unpaired) electrons. The van der Waals surface area contributed by atoms with Crippen LogP contribution in [0.15, 0.2) is 12.1 Å². The fourth-order valence-electron chi connectivity index (χ4n) is 1.75. The van der Waals surface area contributed by atoms with Gasteiger partial charge in [0.2, 0.25) is 0 Å². The number of likely N-dealkylation sites (N-methyl/N-ethyl adjacent to an activating group) is 1. The van der Waals surface area contributed by atoms with Gasteiger partial charge in [0.05, 0.1) is 0 Å². The van der Waals surface area contributed by atoms with Gasteiger partial charge in [-0.05, 0) is 44.5 Å². The Morgan fingerprint density at radius 2 is 1.82 bits per heavy atom. The third-order valence-electron chi connectivity index (χ3n) is 3.00. The van der Waals surface area contributed by atoms with Crippen LogP contribution in [0.5, 0.6) is 5.75 Å². The molecule has 1 aromatic rings. The molecule has 0 bridgehead atoms. The van der Waals surface area contributed by atoms with E-state index < -0.39 is 12.0 Å². The fraction of sp³-hybridized carbons (Fsp3) is 0.462. The first-order valence-corrected chi connectivity index (χ1v) is 5.55. The highest BCUT2D eigenvalue weighted by atomic mass is 16.4. The van der Waals surface area contributed by atoms with Crippen LogP contribution in [-0.4, -0.2) is 34.2 Å². The van der Waals surface area contributed by atoms with Gasteiger partial charge in [0.15, 0.2) is 0 Å². The molecule has 0 aliphatic carbocycles. The maximum atomic E-state index is 10.8. The molecule has 4 nitrogen and oxygen atoms in total. The van der Waals surface area contributed by atoms with Gasteiger partial charge in [0.25, 0.3) is 0 Å². The standard InChI is InChI=1S/C13H19NO3/c1-8-5-11(6-9(2)12(8)15)7-14(4)10(3)13(16)17/h5-6,10,15H,7H2,1-4H3,(H,16,17). The zero-order valence-corrected chi connectivity index (χ0v) is 10.7. The van der Waals surface area contributed by atoms with Gasteiger partial charge in [0, 0.05) is 6.54 Å². The average Bonchev–Trinajstić information content (AvgIpc) is 2.24. The van der Waals surface area contributed by atoms with Crippen LogP contribution >= 0.6 is 0 Å². The Morgan fingerprint density at radius 1 is 1.35 bits per heavy atom. The summed E-state index contributed by atoms with van der Waals surface area (Å²) < 4.78 is 0. The molecule has 4 heteroatoms. The molecule has 0 saturated carbocycles. The third kappa shape index (κ3) is 3.20. The summed E-state index contributed by atoms with van der Waals surface area (Å²) in [6.45, 7) is 5.89. The largest absolute Gasteiger partial charge is 0.507 e. The van der Waals surface area contributed by atoms with Gasteiger partial charge in [-0.1, -0.05) is 12.1 Å². The maximum absolute atomic E-state index is 10.8. The first kappa shape index (κ1) is 13.5. The molecule has 0 aromatic heterocycles. The highest BCUT2D eigenvalue weighted by Crippen LogP contribution is 2.23. The normalized spacial score (nSPS) is 12.8. The average molecular weight is 237 g/mol. The van der Waals surface area contributed by atoms with Crippen LogP contribution in [0, 0.1) is 13.8 Å². The van der Waals surface area contributed by atoms with E-state index in [1.165, 1.54) is 0 Å². The summed E-state index contributed by atoms with van der Waals surface area (Å²) in [6, 6.07) is 3.24. The first-order chi connectivity index (χ1) is 7.82. The van der Waals surface area contributed by atoms with Gasteiger partial charge in [-0.3, -0.25) is 9.69 Å². The van der Waals surface area contributed by atoms with Crippen molar-refractivity contribution in [1.82, 2.24) is 4.90 Å². The van der Waals surface area contributed by atoms with E-state index in [1.807, 2.05) is 26.0 Å². The number of carbonyl (C=O) groups is 1. The molecular weight excluding hydrogens is 218 g/mol. The lowest BCUT2D eigenvalue weighted by Crippen LogP contribution is -2.35. The van der Waals surface area contributed by atoms with Crippen molar-refractivity contribution in [3.8, 4) is 5.75 Å². The number of nitrogens with zero attached hydrogens (tertiary/aromatic N) is 1. The maximum Gasteiger partial charge on any atom is 0.320 e. The van der Waals surface area contributed by atoms with Crippen molar-refractivity contribution in [1.29, 1.82) is 0 Å². The second-order valence-electron chi connectivity index (χ2n) is 4.51. The molecule has 1 rings (SSSR count). The lowest BCUT2D eigenvalue weighted by atomic mass is 10.1. The minimum atomic E-state index is -0.834. The second-order valence-corrected chi connectivity index (χ2v) is 4.51. The van der Waals surface area contributed by atoms with Crippen molar-refractivity contribution < 1.29 is 15.0 Å². The number of carboxylic acid groups (broad SMARTS) is 1. The van der Waals surface area contributed by atoms with E-state index in [0.29, 0.717) is 12.3 Å². The highest BCUT2D eigenvalue weighted by molar-refractivity contribution is 5.72. The topological polar surface area (TPSA) is 60.8 Å². The zero-order chi connectivity index (χ0) is 13.2. The summed E-state index contributed by atoms with van der Waals surface area (Å²) >= 11 is 0. The van der Waals surface area contributed by atoms with E-state index in [9.17, 15) is 9.90 Å². The summed E-state index contributed by atoms with van der Waals surface area (Å²) in [7, 11) is 1.77. The Morgan fingerprint density at radius 3 is 2.24 bits per heavy atom. The van der Waals surface area contributed by atoms with E-state index in [1.54, 1.807) is 18.9 Å². The van der Waals surface area contributed by atoms with Gasteiger partial charge in [-0.15, -0.1) is 0 Å². The molecule has 2 N–H and O–H groups in total. The van der Waals surface area contributed by atoms with E-state index in [-0.39, 0.29) is 0 Å². The van der Waals surface area contributed by atoms with Crippen molar-refractivity contribution in [2.24, 2.45) is 0 Å². The zero-order valence-electron chi connectivity index (χ0n) is 10.7. The molecule has 1 aromatic carbocycles. The number of phenols is 1. The Kier molecular flexibility index (Phi) is 4.12. The van der Waals surface area contributed by atoms with Crippen molar-refractivity contribution in [2.75, 3.05) is 7.05 Å². The van der Waals surface area contributed by atoms with Crippen molar-refractivity contribution in [3.05, 3.63) is 28.8 Å². The molecule has 0 aliphatic rings. The van der Waals surface area contributed by atoms with E-state index in [2.05, 4.69) is 0 Å². The summed E-state index contributed by atoms with van der Waals surface area (Å²) in [5.74, 6) is -0.526. The first-order valence-electron chi connectivity index (χ1n) is 5.55. The van der Waals surface area contributed by atoms with Crippen LogP contribution < -0.4 is 0 Å². The van der Waals surface area contributed by atoms with Crippen LogP contribution in [-0.2, 0) is 11.3 Å². The van der Waals surface area contributed by atoms with Gasteiger partial charge in [-0.2, -0.15) is 0 Å². The molecule has 0 heterocycles. The summed E-state index contributed by atoms with van der Waals surface area (Å²) in [5.41, 5.74) is 2.64. The van der Waals surface area contributed by atoms with Gasteiger partial charge in [0.1, 0.15) is 11.8 Å². The molecule has 0 fully saturated rings. The van der Waals surface area contributed by atoms with Gasteiger partial charge >= 0.3 is 5.97 Å². The minimum Gasteiger partial charge on any atom is -0.507 e. The predicted octanol–water partition coefficient (Wildman–Crippen LogP) is 1.91. The van der Waals surface area contributed by atoms with Gasteiger partial charge in [-0.25, -0.2) is 0 Å². The lowest BCUT2D eigenvalue weighted by Gasteiger charge is -2.21. The molecule has 0 saturated heterocycles. The van der Waals surface area contributed by atoms with Crippen molar-refractivity contribution in [2.45, 2.75) is 33.4 Å². The number of benzene rings is 1. The molecule has 0 amide bonds. The number of phenolic OH excluding ortho intramolecular Hbond substituents is 1. The van der Waals surface area contributed by atoms with Crippen molar-refractivity contribution >= 4 is 5.97 Å². The highest BCUT2D eigenvalue weighted by Gasteiger charge is 2.17. The Bertz CT molecular complexity index is 406. The quantitative estimate of drug-likeness (QED) is 0.839. The minimum absolute atomic E-state index is 0.308. The Labute approximate surface area is 101 Å². The SMILES string of the molecule is Cc1cc(CN(C)C(C)C(=O)O)cc(C)c1O. The van der Waals surface area contributed by atoms with Crippen LogP contribution in [0.25, 0.3) is 0 Å². The molecule has 0 spiro atoms. The number of aromatic hydroxyl groups is 1. The van der Waals surface area contributed by atoms with Crippen LogP contribution in [0.1, 0.15) is 23.6 Å². The molecule has 94 valence electrons. The second kappa shape index (κ2) is 5.19. The molecule has 1 unspecified atom stereocenters. The molecular formula is C13H19NO3. The van der Waals surface area contributed by atoms with E-state index in [4.69, 9.17) is 5.11 Å². The Hall–Kier alpha value is -1.55. The van der Waals surface area contributed by atoms with Gasteiger partial charge < -0.3 is 10.2 Å². The number of carboxylic acids is 1. The van der Waals surface area contributed by atoms with Crippen LogP contribution in [0.3, 0.4) is 0 Å². The van der Waals surface area contributed by atoms with Crippen LogP contribution in [0.4, 0.5) is 0 Å². The van der Waals surface area contributed by atoms with Crippen molar-refractivity contribution in [3.63, 3.8) is 0 Å². The molecule has 0 aliphatic heterocycles. The lowest BCUT2D eigenvalue weighted by molar-refractivity contribution is -0.142.